The number of piperazine rings is 1. The Kier molecular flexibility index (Phi) is 4.62. The van der Waals surface area contributed by atoms with Gasteiger partial charge in [0.1, 0.15) is 21.7 Å². The van der Waals surface area contributed by atoms with E-state index in [1.807, 2.05) is 24.3 Å². The summed E-state index contributed by atoms with van der Waals surface area (Å²) in [5.74, 6) is 0.676. The van der Waals surface area contributed by atoms with Gasteiger partial charge in [0.25, 0.3) is 0 Å². The number of methoxy groups -OCH3 is 1. The van der Waals surface area contributed by atoms with Crippen LogP contribution in [-0.2, 0) is 10.0 Å². The zero-order valence-electron chi connectivity index (χ0n) is 14.1. The fraction of sp³-hybridized carbons (Fsp3) is 0.294. The number of benzene rings is 2. The molecule has 7 nitrogen and oxygen atoms in total. The summed E-state index contributed by atoms with van der Waals surface area (Å²) < 4.78 is 42.3. The van der Waals surface area contributed by atoms with Crippen LogP contribution in [0, 0.1) is 0 Å². The predicted molar refractivity (Wildman–Crippen MR) is 99.9 cm³/mol. The molecule has 2 heterocycles. The maximum atomic E-state index is 13.5. The van der Waals surface area contributed by atoms with Crippen molar-refractivity contribution in [3.05, 3.63) is 48.0 Å². The van der Waals surface area contributed by atoms with Crippen LogP contribution < -0.4 is 10.1 Å². The van der Waals surface area contributed by atoms with Gasteiger partial charge in [0, 0.05) is 25.2 Å². The molecule has 0 bridgehead atoms. The summed E-state index contributed by atoms with van der Waals surface area (Å²) >= 11 is 1.02. The lowest BCUT2D eigenvalue weighted by molar-refractivity contribution is 0.265. The second-order valence-corrected chi connectivity index (χ2v) is 8.35. The smallest absolute Gasteiger partial charge is 0.245 e. The standard InChI is InChI=1S/C17H18N4O3S2/c1-24-15-7-3-2-5-12(15)14-11-18-9-10-21(14)26(22,23)16-8-4-6-13-17(16)20-25-19-13/h2-8,14,18H,9-11H2,1H3. The molecule has 1 atom stereocenters. The van der Waals surface area contributed by atoms with E-state index >= 15 is 0 Å². The molecule has 0 spiro atoms. The Bertz CT molecular complexity index is 1040. The van der Waals surface area contributed by atoms with Gasteiger partial charge in [-0.25, -0.2) is 8.42 Å². The van der Waals surface area contributed by atoms with Gasteiger partial charge in [-0.3, -0.25) is 0 Å². The number of aromatic nitrogens is 2. The van der Waals surface area contributed by atoms with Gasteiger partial charge in [-0.15, -0.1) is 0 Å². The number of hydrogen-bond donors (Lipinski definition) is 1. The summed E-state index contributed by atoms with van der Waals surface area (Å²) in [6.07, 6.45) is 0. The molecule has 1 aromatic heterocycles. The fourth-order valence-electron chi connectivity index (χ4n) is 3.30. The van der Waals surface area contributed by atoms with Gasteiger partial charge in [-0.2, -0.15) is 13.1 Å². The summed E-state index contributed by atoms with van der Waals surface area (Å²) in [7, 11) is -2.15. The minimum Gasteiger partial charge on any atom is -0.496 e. The van der Waals surface area contributed by atoms with Crippen molar-refractivity contribution in [2.24, 2.45) is 0 Å². The minimum absolute atomic E-state index is 0.200. The minimum atomic E-state index is -3.74. The van der Waals surface area contributed by atoms with Crippen molar-refractivity contribution < 1.29 is 13.2 Å². The van der Waals surface area contributed by atoms with Crippen LogP contribution in [0.1, 0.15) is 11.6 Å². The van der Waals surface area contributed by atoms with Gasteiger partial charge >= 0.3 is 0 Å². The van der Waals surface area contributed by atoms with E-state index in [1.165, 1.54) is 4.31 Å². The highest BCUT2D eigenvalue weighted by atomic mass is 32.2. The van der Waals surface area contributed by atoms with Crippen molar-refractivity contribution in [3.63, 3.8) is 0 Å². The van der Waals surface area contributed by atoms with Gasteiger partial charge in [0.2, 0.25) is 10.0 Å². The molecule has 1 aliphatic heterocycles. The average Bonchev–Trinajstić information content (AvgIpc) is 3.16. The Morgan fingerprint density at radius 2 is 2.04 bits per heavy atom. The van der Waals surface area contributed by atoms with Crippen LogP contribution >= 0.6 is 11.7 Å². The van der Waals surface area contributed by atoms with Crippen molar-refractivity contribution in [2.75, 3.05) is 26.7 Å². The van der Waals surface area contributed by atoms with E-state index in [0.717, 1.165) is 17.3 Å². The summed E-state index contributed by atoms with van der Waals surface area (Å²) in [5.41, 5.74) is 1.87. The van der Waals surface area contributed by atoms with E-state index in [4.69, 9.17) is 4.74 Å². The van der Waals surface area contributed by atoms with Crippen molar-refractivity contribution in [1.82, 2.24) is 18.4 Å². The van der Waals surface area contributed by atoms with Crippen LogP contribution in [0.25, 0.3) is 11.0 Å². The number of ether oxygens (including phenoxy) is 1. The largest absolute Gasteiger partial charge is 0.496 e. The highest BCUT2D eigenvalue weighted by Crippen LogP contribution is 2.35. The second-order valence-electron chi connectivity index (χ2n) is 5.97. The van der Waals surface area contributed by atoms with Gasteiger partial charge in [-0.1, -0.05) is 24.3 Å². The monoisotopic (exact) mass is 390 g/mol. The molecular formula is C17H18N4O3S2. The molecule has 9 heteroatoms. The third kappa shape index (κ3) is 2.86. The van der Waals surface area contributed by atoms with Crippen molar-refractivity contribution in [1.29, 1.82) is 0 Å². The molecule has 1 aliphatic rings. The molecule has 0 amide bonds. The third-order valence-corrected chi connectivity index (χ3v) is 7.01. The number of sulfonamides is 1. The van der Waals surface area contributed by atoms with Crippen LogP contribution in [0.3, 0.4) is 0 Å². The zero-order chi connectivity index (χ0) is 18.1. The normalized spacial score (nSPS) is 18.9. The number of nitrogens with one attached hydrogen (secondary N) is 1. The van der Waals surface area contributed by atoms with Crippen molar-refractivity contribution in [3.8, 4) is 5.75 Å². The Hall–Kier alpha value is -2.07. The summed E-state index contributed by atoms with van der Waals surface area (Å²) in [6, 6.07) is 12.2. The molecule has 0 radical (unpaired) electrons. The zero-order valence-corrected chi connectivity index (χ0v) is 15.8. The summed E-state index contributed by atoms with van der Waals surface area (Å²) in [6.45, 7) is 1.49. The lowest BCUT2D eigenvalue weighted by Gasteiger charge is -2.36. The van der Waals surface area contributed by atoms with Crippen LogP contribution in [0.5, 0.6) is 5.75 Å². The predicted octanol–water partition coefficient (Wildman–Crippen LogP) is 2.04. The van der Waals surface area contributed by atoms with Gasteiger partial charge in [-0.05, 0) is 18.2 Å². The SMILES string of the molecule is COc1ccccc1C1CNCCN1S(=O)(=O)c1cccc2nsnc12. The molecule has 4 rings (SSSR count). The molecule has 1 fully saturated rings. The number of rotatable bonds is 4. The van der Waals surface area contributed by atoms with Crippen molar-refractivity contribution in [2.45, 2.75) is 10.9 Å². The van der Waals surface area contributed by atoms with E-state index in [0.29, 0.717) is 36.4 Å². The van der Waals surface area contributed by atoms with Crippen LogP contribution in [-0.4, -0.2) is 48.2 Å². The number of fused-ring (bicyclic) bond motifs is 1. The molecule has 136 valence electrons. The first-order valence-electron chi connectivity index (χ1n) is 8.19. The molecule has 2 aromatic carbocycles. The van der Waals surface area contributed by atoms with Crippen LogP contribution in [0.15, 0.2) is 47.4 Å². The Morgan fingerprint density at radius 3 is 2.88 bits per heavy atom. The molecule has 1 unspecified atom stereocenters. The number of nitrogens with zero attached hydrogens (tertiary/aromatic N) is 3. The van der Waals surface area contributed by atoms with E-state index in [9.17, 15) is 8.42 Å². The van der Waals surface area contributed by atoms with E-state index in [-0.39, 0.29) is 10.9 Å². The maximum Gasteiger partial charge on any atom is 0.245 e. The van der Waals surface area contributed by atoms with E-state index in [1.54, 1.807) is 25.3 Å². The number of para-hydroxylation sites is 1. The van der Waals surface area contributed by atoms with Crippen LogP contribution in [0.4, 0.5) is 0 Å². The molecular weight excluding hydrogens is 372 g/mol. The number of hydrogen-bond acceptors (Lipinski definition) is 7. The second kappa shape index (κ2) is 6.92. The Morgan fingerprint density at radius 1 is 1.19 bits per heavy atom. The van der Waals surface area contributed by atoms with Gasteiger partial charge < -0.3 is 10.1 Å². The molecule has 3 aromatic rings. The average molecular weight is 390 g/mol. The summed E-state index contributed by atoms with van der Waals surface area (Å²) in [5, 5.41) is 3.28. The van der Waals surface area contributed by atoms with E-state index in [2.05, 4.69) is 14.1 Å². The van der Waals surface area contributed by atoms with Gasteiger partial charge in [0.15, 0.2) is 0 Å². The first-order chi connectivity index (χ1) is 12.6. The Balaban J connectivity index is 1.82. The highest BCUT2D eigenvalue weighted by molar-refractivity contribution is 7.89. The molecule has 0 aliphatic carbocycles. The fourth-order valence-corrected chi connectivity index (χ4v) is 5.66. The molecule has 1 N–H and O–H groups in total. The third-order valence-electron chi connectivity index (χ3n) is 4.53. The van der Waals surface area contributed by atoms with Crippen molar-refractivity contribution >= 4 is 32.8 Å². The summed E-state index contributed by atoms with van der Waals surface area (Å²) in [4.78, 5) is 0.200. The molecule has 26 heavy (non-hydrogen) atoms. The lowest BCUT2D eigenvalue weighted by atomic mass is 10.0. The highest BCUT2D eigenvalue weighted by Gasteiger charge is 2.37. The Labute approximate surface area is 156 Å². The quantitative estimate of drug-likeness (QED) is 0.734. The van der Waals surface area contributed by atoms with Crippen LogP contribution in [0.2, 0.25) is 0 Å². The molecule has 0 saturated carbocycles. The first-order valence-corrected chi connectivity index (χ1v) is 10.4. The lowest BCUT2D eigenvalue weighted by Crippen LogP contribution is -2.48. The topological polar surface area (TPSA) is 84.4 Å². The van der Waals surface area contributed by atoms with Gasteiger partial charge in [0.05, 0.1) is 24.9 Å². The first kappa shape index (κ1) is 17.3. The van der Waals surface area contributed by atoms with E-state index < -0.39 is 10.0 Å². The molecule has 1 saturated heterocycles. The maximum absolute atomic E-state index is 13.5.